The summed E-state index contributed by atoms with van der Waals surface area (Å²) in [6.07, 6.45) is 3.36. The Bertz CT molecular complexity index is 918. The summed E-state index contributed by atoms with van der Waals surface area (Å²) in [4.78, 5) is 17.4. The van der Waals surface area contributed by atoms with Crippen molar-refractivity contribution in [1.29, 1.82) is 0 Å². The van der Waals surface area contributed by atoms with Gasteiger partial charge in [-0.05, 0) is 62.1 Å². The van der Waals surface area contributed by atoms with Gasteiger partial charge in [-0.1, -0.05) is 43.6 Å². The van der Waals surface area contributed by atoms with E-state index >= 15 is 0 Å². The molecule has 2 heterocycles. The first kappa shape index (κ1) is 22.9. The van der Waals surface area contributed by atoms with Crippen molar-refractivity contribution in [3.63, 3.8) is 0 Å². The maximum atomic E-state index is 12.9. The summed E-state index contributed by atoms with van der Waals surface area (Å²) in [7, 11) is 0. The van der Waals surface area contributed by atoms with Gasteiger partial charge in [-0.25, -0.2) is 4.79 Å². The minimum absolute atomic E-state index is 0.0164. The highest BCUT2D eigenvalue weighted by Crippen LogP contribution is 2.40. The van der Waals surface area contributed by atoms with Crippen LogP contribution in [0.15, 0.2) is 48.5 Å². The topological polar surface area (TPSA) is 44.8 Å². The summed E-state index contributed by atoms with van der Waals surface area (Å²) in [5.74, 6) is 1.50. The number of piperidine rings is 1. The summed E-state index contributed by atoms with van der Waals surface area (Å²) >= 11 is 5.96. The van der Waals surface area contributed by atoms with Crippen LogP contribution >= 0.6 is 11.6 Å². The van der Waals surface area contributed by atoms with E-state index in [9.17, 15) is 4.79 Å². The van der Waals surface area contributed by atoms with Gasteiger partial charge in [0.2, 0.25) is 0 Å². The van der Waals surface area contributed by atoms with Crippen LogP contribution in [0.5, 0.6) is 5.75 Å². The summed E-state index contributed by atoms with van der Waals surface area (Å²) in [5, 5.41) is 3.69. The number of nitrogens with zero attached hydrogens (tertiary/aromatic N) is 2. The van der Waals surface area contributed by atoms with Gasteiger partial charge >= 0.3 is 6.03 Å². The molecule has 5 nitrogen and oxygen atoms in total. The molecule has 0 radical (unpaired) electrons. The molecule has 6 heteroatoms. The van der Waals surface area contributed by atoms with Crippen LogP contribution in [0, 0.1) is 11.3 Å². The van der Waals surface area contributed by atoms with Gasteiger partial charge < -0.3 is 15.0 Å². The van der Waals surface area contributed by atoms with E-state index in [4.69, 9.17) is 16.3 Å². The molecule has 2 aromatic carbocycles. The lowest BCUT2D eigenvalue weighted by molar-refractivity contribution is 0.113. The predicted octanol–water partition coefficient (Wildman–Crippen LogP) is 5.89. The lowest BCUT2D eigenvalue weighted by Crippen LogP contribution is -2.48. The molecule has 1 unspecified atom stereocenters. The van der Waals surface area contributed by atoms with Gasteiger partial charge in [-0.3, -0.25) is 4.90 Å². The van der Waals surface area contributed by atoms with Crippen LogP contribution < -0.4 is 10.1 Å². The van der Waals surface area contributed by atoms with Crippen LogP contribution in [0.1, 0.15) is 38.7 Å². The maximum absolute atomic E-state index is 12.9. The second-order valence-corrected chi connectivity index (χ2v) is 10.2. The van der Waals surface area contributed by atoms with E-state index in [0.29, 0.717) is 10.9 Å². The lowest BCUT2D eigenvalue weighted by Gasteiger charge is -2.40. The Kier molecular flexibility index (Phi) is 7.27. The quantitative estimate of drug-likeness (QED) is 0.590. The van der Waals surface area contributed by atoms with E-state index in [0.717, 1.165) is 63.6 Å². The molecule has 1 spiro atoms. The molecule has 0 saturated carbocycles. The highest BCUT2D eigenvalue weighted by atomic mass is 35.5. The van der Waals surface area contributed by atoms with Gasteiger partial charge in [0, 0.05) is 47.9 Å². The molecule has 2 aliphatic rings. The number of halogens is 1. The third-order valence-corrected chi connectivity index (χ3v) is 6.75. The number of rotatable bonds is 6. The van der Waals surface area contributed by atoms with Crippen LogP contribution in [0.3, 0.4) is 0 Å². The number of hydrogen-bond acceptors (Lipinski definition) is 3. The molecule has 0 bridgehead atoms. The Morgan fingerprint density at radius 2 is 1.88 bits per heavy atom. The second-order valence-electron chi connectivity index (χ2n) is 9.74. The van der Waals surface area contributed by atoms with Crippen LogP contribution in [0.4, 0.5) is 10.5 Å². The van der Waals surface area contributed by atoms with Crippen molar-refractivity contribution < 1.29 is 9.53 Å². The number of carbonyl (C=O) groups excluding carboxylic acids is 1. The van der Waals surface area contributed by atoms with E-state index in [1.54, 1.807) is 12.1 Å². The van der Waals surface area contributed by atoms with Gasteiger partial charge in [-0.2, -0.15) is 0 Å². The third-order valence-electron chi connectivity index (χ3n) is 6.50. The first-order valence-corrected chi connectivity index (χ1v) is 12.0. The molecule has 0 aliphatic carbocycles. The van der Waals surface area contributed by atoms with Crippen molar-refractivity contribution in [2.24, 2.45) is 11.3 Å². The Morgan fingerprint density at radius 1 is 1.09 bits per heavy atom. The number of ether oxygens (including phenoxy) is 1. The van der Waals surface area contributed by atoms with Gasteiger partial charge in [0.25, 0.3) is 0 Å². The van der Waals surface area contributed by atoms with E-state index in [2.05, 4.69) is 42.3 Å². The molecule has 32 heavy (non-hydrogen) atoms. The minimum Gasteiger partial charge on any atom is -0.493 e. The maximum Gasteiger partial charge on any atom is 0.321 e. The average Bonchev–Trinajstić information content (AvgIpc) is 3.16. The smallest absolute Gasteiger partial charge is 0.321 e. The fourth-order valence-corrected chi connectivity index (χ4v) is 5.01. The molecule has 2 saturated heterocycles. The lowest BCUT2D eigenvalue weighted by atomic mass is 9.79. The van der Waals surface area contributed by atoms with Gasteiger partial charge in [-0.15, -0.1) is 0 Å². The van der Waals surface area contributed by atoms with Crippen molar-refractivity contribution in [2.45, 2.75) is 39.7 Å². The van der Waals surface area contributed by atoms with Crippen molar-refractivity contribution in [3.05, 3.63) is 59.1 Å². The van der Waals surface area contributed by atoms with Gasteiger partial charge in [0.1, 0.15) is 5.75 Å². The molecular weight excluding hydrogens is 422 g/mol. The third kappa shape index (κ3) is 5.76. The van der Waals surface area contributed by atoms with Crippen LogP contribution in [0.25, 0.3) is 0 Å². The molecular formula is C26H34ClN3O2. The van der Waals surface area contributed by atoms with E-state index in [1.807, 2.05) is 23.1 Å². The molecule has 0 aromatic heterocycles. The number of likely N-dealkylation sites (tertiary alicyclic amines) is 2. The number of para-hydroxylation sites is 1. The number of anilines is 1. The minimum atomic E-state index is -0.0164. The molecule has 2 fully saturated rings. The summed E-state index contributed by atoms with van der Waals surface area (Å²) < 4.78 is 6.06. The zero-order valence-electron chi connectivity index (χ0n) is 19.1. The largest absolute Gasteiger partial charge is 0.493 e. The summed E-state index contributed by atoms with van der Waals surface area (Å²) in [6.45, 7) is 9.68. The molecule has 1 atom stereocenters. The monoisotopic (exact) mass is 455 g/mol. The Balaban J connectivity index is 1.36. The van der Waals surface area contributed by atoms with Crippen molar-refractivity contribution >= 4 is 23.3 Å². The number of urea groups is 1. The van der Waals surface area contributed by atoms with E-state index in [1.165, 1.54) is 12.0 Å². The van der Waals surface area contributed by atoms with E-state index in [-0.39, 0.29) is 11.4 Å². The van der Waals surface area contributed by atoms with Crippen LogP contribution in [0.2, 0.25) is 5.02 Å². The van der Waals surface area contributed by atoms with Crippen molar-refractivity contribution in [2.75, 3.05) is 38.1 Å². The highest BCUT2D eigenvalue weighted by molar-refractivity contribution is 6.30. The molecule has 4 rings (SSSR count). The molecule has 1 N–H and O–H groups in total. The van der Waals surface area contributed by atoms with Crippen LogP contribution in [-0.4, -0.2) is 48.6 Å². The Hall–Kier alpha value is -2.24. The molecule has 172 valence electrons. The average molecular weight is 456 g/mol. The standard InChI is InChI=1S/C26H34ClN3O2/c1-20(2)17-32-24-7-4-3-6-21(24)16-29-15-13-26(18-29)12-5-14-30(19-26)25(31)28-23-10-8-22(27)9-11-23/h3-4,6-11,20H,5,12-19H2,1-2H3,(H,28,31). The second kappa shape index (κ2) is 10.1. The predicted molar refractivity (Wildman–Crippen MR) is 130 cm³/mol. The zero-order chi connectivity index (χ0) is 22.6. The number of nitrogens with one attached hydrogen (secondary N) is 1. The van der Waals surface area contributed by atoms with Gasteiger partial charge in [0.05, 0.1) is 6.61 Å². The number of benzene rings is 2. The number of amides is 2. The SMILES string of the molecule is CC(C)COc1ccccc1CN1CCC2(CCCN(C(=O)Nc3ccc(Cl)cc3)C2)C1. The van der Waals surface area contributed by atoms with E-state index < -0.39 is 0 Å². The van der Waals surface area contributed by atoms with Crippen molar-refractivity contribution in [1.82, 2.24) is 9.80 Å². The summed E-state index contributed by atoms with van der Waals surface area (Å²) in [5.41, 5.74) is 2.21. The molecule has 2 aromatic rings. The van der Waals surface area contributed by atoms with Gasteiger partial charge in [0.15, 0.2) is 0 Å². The first-order valence-electron chi connectivity index (χ1n) is 11.7. The van der Waals surface area contributed by atoms with Crippen LogP contribution in [-0.2, 0) is 6.54 Å². The number of hydrogen-bond donors (Lipinski definition) is 1. The Labute approximate surface area is 196 Å². The first-order chi connectivity index (χ1) is 15.4. The summed E-state index contributed by atoms with van der Waals surface area (Å²) in [6, 6.07) is 15.7. The van der Waals surface area contributed by atoms with Crippen molar-refractivity contribution in [3.8, 4) is 5.75 Å². The number of carbonyl (C=O) groups is 1. The zero-order valence-corrected chi connectivity index (χ0v) is 19.9. The Morgan fingerprint density at radius 3 is 2.66 bits per heavy atom. The fourth-order valence-electron chi connectivity index (χ4n) is 4.89. The molecule has 2 aliphatic heterocycles. The fraction of sp³-hybridized carbons (Fsp3) is 0.500. The highest BCUT2D eigenvalue weighted by Gasteiger charge is 2.42. The normalized spacial score (nSPS) is 21.3. The molecule has 2 amide bonds.